The molecule has 122 valence electrons. The molecule has 0 atom stereocenters. The zero-order valence-corrected chi connectivity index (χ0v) is 13.9. The van der Waals surface area contributed by atoms with Crippen molar-refractivity contribution in [3.63, 3.8) is 0 Å². The molecule has 1 heterocycles. The molecule has 1 N–H and O–H groups in total. The second kappa shape index (κ2) is 8.79. The number of hydrogen-bond acceptors (Lipinski definition) is 3. The maximum Gasteiger partial charge on any atom is 0.223 e. The monoisotopic (exact) mass is 304 g/mol. The molecule has 0 aliphatic carbocycles. The van der Waals surface area contributed by atoms with E-state index in [0.717, 1.165) is 24.4 Å². The molecule has 1 amide bonds. The minimum absolute atomic E-state index is 0.0716. The summed E-state index contributed by atoms with van der Waals surface area (Å²) in [4.78, 5) is 14.2. The molecule has 0 saturated carbocycles. The zero-order valence-electron chi connectivity index (χ0n) is 13.9. The number of nitrogens with one attached hydrogen (secondary N) is 1. The predicted molar refractivity (Wildman–Crippen MR) is 89.3 cm³/mol. The van der Waals surface area contributed by atoms with Crippen LogP contribution in [0, 0.1) is 13.8 Å². The number of nitrogens with zero attached hydrogens (tertiary/aromatic N) is 1. The number of likely N-dealkylation sites (tertiary alicyclic amines) is 1. The number of rotatable bonds is 7. The van der Waals surface area contributed by atoms with Crippen LogP contribution in [0.4, 0.5) is 0 Å². The zero-order chi connectivity index (χ0) is 15.8. The van der Waals surface area contributed by atoms with Gasteiger partial charge in [0.25, 0.3) is 0 Å². The van der Waals surface area contributed by atoms with Gasteiger partial charge in [0.15, 0.2) is 0 Å². The van der Waals surface area contributed by atoms with Crippen molar-refractivity contribution in [2.45, 2.75) is 39.5 Å². The van der Waals surface area contributed by atoms with E-state index in [0.29, 0.717) is 13.0 Å². The standard InChI is InChI=1S/C18H28N2O2/c1-15-7-6-8-17(16(15)2)22-14-9-18(21)19-10-13-20-11-4-3-5-12-20/h6-8H,3-5,9-14H2,1-2H3,(H,19,21). The highest BCUT2D eigenvalue weighted by Crippen LogP contribution is 2.20. The van der Waals surface area contributed by atoms with Crippen molar-refractivity contribution < 1.29 is 9.53 Å². The molecule has 0 unspecified atom stereocenters. The van der Waals surface area contributed by atoms with Crippen LogP contribution in [0.15, 0.2) is 18.2 Å². The fraction of sp³-hybridized carbons (Fsp3) is 0.611. The molecule has 0 spiro atoms. The number of carbonyl (C=O) groups is 1. The fourth-order valence-corrected chi connectivity index (χ4v) is 2.76. The summed E-state index contributed by atoms with van der Waals surface area (Å²) in [6.45, 7) is 8.59. The van der Waals surface area contributed by atoms with Crippen molar-refractivity contribution in [3.05, 3.63) is 29.3 Å². The highest BCUT2D eigenvalue weighted by Gasteiger charge is 2.10. The Morgan fingerprint density at radius 2 is 2.00 bits per heavy atom. The van der Waals surface area contributed by atoms with Gasteiger partial charge in [-0.05, 0) is 57.0 Å². The van der Waals surface area contributed by atoms with Gasteiger partial charge in [0.2, 0.25) is 5.91 Å². The van der Waals surface area contributed by atoms with Gasteiger partial charge in [-0.3, -0.25) is 4.79 Å². The number of carbonyl (C=O) groups excluding carboxylic acids is 1. The second-order valence-corrected chi connectivity index (χ2v) is 6.05. The molecule has 22 heavy (non-hydrogen) atoms. The quantitative estimate of drug-likeness (QED) is 0.842. The van der Waals surface area contributed by atoms with Gasteiger partial charge in [-0.25, -0.2) is 0 Å². The minimum atomic E-state index is 0.0716. The molecule has 1 aromatic rings. The lowest BCUT2D eigenvalue weighted by atomic mass is 10.1. The van der Waals surface area contributed by atoms with Crippen LogP contribution < -0.4 is 10.1 Å². The Labute approximate surface area is 133 Å². The summed E-state index contributed by atoms with van der Waals surface area (Å²) >= 11 is 0. The van der Waals surface area contributed by atoms with E-state index in [-0.39, 0.29) is 5.91 Å². The molecule has 1 aromatic carbocycles. The van der Waals surface area contributed by atoms with E-state index in [9.17, 15) is 4.79 Å². The molecule has 1 aliphatic rings. The predicted octanol–water partition coefficient (Wildman–Crippen LogP) is 2.67. The summed E-state index contributed by atoms with van der Waals surface area (Å²) in [7, 11) is 0. The second-order valence-electron chi connectivity index (χ2n) is 6.05. The lowest BCUT2D eigenvalue weighted by molar-refractivity contribution is -0.121. The SMILES string of the molecule is Cc1cccc(OCCC(=O)NCCN2CCCCC2)c1C. The number of ether oxygens (including phenoxy) is 1. The summed E-state index contributed by atoms with van der Waals surface area (Å²) in [5.74, 6) is 0.948. The first-order chi connectivity index (χ1) is 10.7. The highest BCUT2D eigenvalue weighted by molar-refractivity contribution is 5.75. The summed E-state index contributed by atoms with van der Waals surface area (Å²) in [6.07, 6.45) is 4.33. The maximum atomic E-state index is 11.8. The highest BCUT2D eigenvalue weighted by atomic mass is 16.5. The van der Waals surface area contributed by atoms with Crippen LogP contribution >= 0.6 is 0 Å². The summed E-state index contributed by atoms with van der Waals surface area (Å²) in [6, 6.07) is 6.00. The Kier molecular flexibility index (Phi) is 6.72. The van der Waals surface area contributed by atoms with E-state index in [1.54, 1.807) is 0 Å². The molecular weight excluding hydrogens is 276 g/mol. The van der Waals surface area contributed by atoms with Crippen molar-refractivity contribution >= 4 is 5.91 Å². The largest absolute Gasteiger partial charge is 0.493 e. The number of benzene rings is 1. The van der Waals surface area contributed by atoms with E-state index in [1.807, 2.05) is 19.1 Å². The lowest BCUT2D eigenvalue weighted by Crippen LogP contribution is -2.37. The molecule has 4 heteroatoms. The molecule has 0 bridgehead atoms. The molecule has 1 aliphatic heterocycles. The average Bonchev–Trinajstić information content (AvgIpc) is 2.52. The molecule has 1 saturated heterocycles. The van der Waals surface area contributed by atoms with Crippen molar-refractivity contribution in [3.8, 4) is 5.75 Å². The molecule has 1 fully saturated rings. The van der Waals surface area contributed by atoms with Crippen LogP contribution in [0.5, 0.6) is 5.75 Å². The number of piperidine rings is 1. The van der Waals surface area contributed by atoms with E-state index in [2.05, 4.69) is 23.2 Å². The first-order valence-corrected chi connectivity index (χ1v) is 8.35. The van der Waals surface area contributed by atoms with Crippen LogP contribution in [-0.4, -0.2) is 43.6 Å². The number of aryl methyl sites for hydroxylation is 1. The Balaban J connectivity index is 1.60. The average molecular weight is 304 g/mol. The Hall–Kier alpha value is -1.55. The maximum absolute atomic E-state index is 11.8. The molecule has 2 rings (SSSR count). The van der Waals surface area contributed by atoms with Crippen LogP contribution in [-0.2, 0) is 4.79 Å². The first-order valence-electron chi connectivity index (χ1n) is 8.35. The van der Waals surface area contributed by atoms with Crippen LogP contribution in [0.3, 0.4) is 0 Å². The number of hydrogen-bond donors (Lipinski definition) is 1. The summed E-state index contributed by atoms with van der Waals surface area (Å²) in [5.41, 5.74) is 2.36. The van der Waals surface area contributed by atoms with E-state index in [4.69, 9.17) is 4.74 Å². The Morgan fingerprint density at radius 1 is 1.23 bits per heavy atom. The third-order valence-corrected chi connectivity index (χ3v) is 4.34. The van der Waals surface area contributed by atoms with Gasteiger partial charge in [0, 0.05) is 13.1 Å². The normalized spacial score (nSPS) is 15.5. The van der Waals surface area contributed by atoms with Gasteiger partial charge in [-0.1, -0.05) is 18.6 Å². The smallest absolute Gasteiger partial charge is 0.223 e. The van der Waals surface area contributed by atoms with Crippen LogP contribution in [0.2, 0.25) is 0 Å². The van der Waals surface area contributed by atoms with Gasteiger partial charge < -0.3 is 15.0 Å². The topological polar surface area (TPSA) is 41.6 Å². The van der Waals surface area contributed by atoms with E-state index < -0.39 is 0 Å². The van der Waals surface area contributed by atoms with Gasteiger partial charge in [0.05, 0.1) is 13.0 Å². The van der Waals surface area contributed by atoms with Crippen LogP contribution in [0.1, 0.15) is 36.8 Å². The minimum Gasteiger partial charge on any atom is -0.493 e. The van der Waals surface area contributed by atoms with Crippen molar-refractivity contribution in [2.75, 3.05) is 32.8 Å². The first kappa shape index (κ1) is 16.8. The molecular formula is C18H28N2O2. The van der Waals surface area contributed by atoms with Crippen molar-refractivity contribution in [2.24, 2.45) is 0 Å². The fourth-order valence-electron chi connectivity index (χ4n) is 2.76. The lowest BCUT2D eigenvalue weighted by Gasteiger charge is -2.26. The van der Waals surface area contributed by atoms with Crippen molar-refractivity contribution in [1.29, 1.82) is 0 Å². The molecule has 4 nitrogen and oxygen atoms in total. The van der Waals surface area contributed by atoms with Crippen LogP contribution in [0.25, 0.3) is 0 Å². The van der Waals surface area contributed by atoms with E-state index >= 15 is 0 Å². The number of amides is 1. The van der Waals surface area contributed by atoms with Gasteiger partial charge in [0.1, 0.15) is 5.75 Å². The third kappa shape index (κ3) is 5.34. The summed E-state index contributed by atoms with van der Waals surface area (Å²) < 4.78 is 5.71. The van der Waals surface area contributed by atoms with E-state index in [1.165, 1.54) is 37.9 Å². The van der Waals surface area contributed by atoms with Gasteiger partial charge in [-0.15, -0.1) is 0 Å². The van der Waals surface area contributed by atoms with Gasteiger partial charge in [-0.2, -0.15) is 0 Å². The molecule has 0 aromatic heterocycles. The Morgan fingerprint density at radius 3 is 2.77 bits per heavy atom. The third-order valence-electron chi connectivity index (χ3n) is 4.34. The summed E-state index contributed by atoms with van der Waals surface area (Å²) in [5, 5.41) is 2.98. The Bertz CT molecular complexity index is 482. The van der Waals surface area contributed by atoms with Crippen molar-refractivity contribution in [1.82, 2.24) is 10.2 Å². The van der Waals surface area contributed by atoms with Gasteiger partial charge >= 0.3 is 0 Å². The molecule has 0 radical (unpaired) electrons.